The van der Waals surface area contributed by atoms with E-state index in [-0.39, 0.29) is 5.60 Å². The predicted octanol–water partition coefficient (Wildman–Crippen LogP) is 2.88. The van der Waals surface area contributed by atoms with E-state index >= 15 is 0 Å². The molecule has 78 valence electrons. The number of aromatic amines is 1. The first-order chi connectivity index (χ1) is 7.31. The number of hydrogen-bond donors (Lipinski definition) is 1. The number of hydrogen-bond acceptors (Lipinski definition) is 2. The van der Waals surface area contributed by atoms with Gasteiger partial charge in [-0.3, -0.25) is 5.10 Å². The van der Waals surface area contributed by atoms with Gasteiger partial charge in [0, 0.05) is 5.39 Å². The molecular formula is C12H14N2O. The van der Waals surface area contributed by atoms with Gasteiger partial charge in [0.05, 0.1) is 11.7 Å². The highest BCUT2D eigenvalue weighted by molar-refractivity contribution is 5.79. The predicted molar refractivity (Wildman–Crippen MR) is 59.0 cm³/mol. The number of fused-ring (bicyclic) bond motifs is 1. The maximum absolute atomic E-state index is 6.00. The average Bonchev–Trinajstić information content (AvgIpc) is 2.88. The Morgan fingerprint density at radius 3 is 3.07 bits per heavy atom. The van der Waals surface area contributed by atoms with Crippen LogP contribution >= 0.6 is 0 Å². The van der Waals surface area contributed by atoms with Gasteiger partial charge in [-0.2, -0.15) is 5.10 Å². The topological polar surface area (TPSA) is 37.9 Å². The van der Waals surface area contributed by atoms with Gasteiger partial charge in [-0.05, 0) is 37.5 Å². The Morgan fingerprint density at radius 1 is 1.47 bits per heavy atom. The van der Waals surface area contributed by atoms with Crippen LogP contribution in [0, 0.1) is 0 Å². The lowest BCUT2D eigenvalue weighted by Crippen LogP contribution is -2.16. The third-order valence-corrected chi connectivity index (χ3v) is 3.20. The van der Waals surface area contributed by atoms with Crippen molar-refractivity contribution in [2.24, 2.45) is 0 Å². The average molecular weight is 202 g/mol. The fourth-order valence-electron chi connectivity index (χ4n) is 1.90. The molecule has 3 heteroatoms. The molecule has 1 aliphatic carbocycles. The standard InChI is InChI=1S/C12H14N2O/c1-2-12(5-6-12)15-10-3-4-11-9(7-10)8-13-14-11/h3-4,7-8H,2,5-6H2,1H3,(H,13,14). The zero-order chi connectivity index (χ0) is 10.3. The summed E-state index contributed by atoms with van der Waals surface area (Å²) in [6, 6.07) is 6.08. The Kier molecular flexibility index (Phi) is 1.75. The molecule has 0 unspecified atom stereocenters. The smallest absolute Gasteiger partial charge is 0.120 e. The van der Waals surface area contributed by atoms with Crippen molar-refractivity contribution in [1.29, 1.82) is 0 Å². The second-order valence-corrected chi connectivity index (χ2v) is 4.26. The molecule has 3 nitrogen and oxygen atoms in total. The number of nitrogens with zero attached hydrogens (tertiary/aromatic N) is 1. The third-order valence-electron chi connectivity index (χ3n) is 3.20. The quantitative estimate of drug-likeness (QED) is 0.831. The first-order valence-electron chi connectivity index (χ1n) is 5.43. The van der Waals surface area contributed by atoms with Crippen molar-refractivity contribution in [2.75, 3.05) is 0 Å². The molecule has 1 aromatic carbocycles. The van der Waals surface area contributed by atoms with Gasteiger partial charge in [0.15, 0.2) is 0 Å². The second-order valence-electron chi connectivity index (χ2n) is 4.26. The zero-order valence-corrected chi connectivity index (χ0v) is 8.79. The second kappa shape index (κ2) is 2.99. The van der Waals surface area contributed by atoms with Crippen LogP contribution in [0.4, 0.5) is 0 Å². The first-order valence-corrected chi connectivity index (χ1v) is 5.43. The van der Waals surface area contributed by atoms with E-state index in [0.29, 0.717) is 0 Å². The minimum Gasteiger partial charge on any atom is -0.487 e. The Balaban J connectivity index is 1.91. The van der Waals surface area contributed by atoms with Crippen molar-refractivity contribution in [3.8, 4) is 5.75 Å². The summed E-state index contributed by atoms with van der Waals surface area (Å²) in [5, 5.41) is 8.04. The van der Waals surface area contributed by atoms with Gasteiger partial charge in [0.1, 0.15) is 11.4 Å². The van der Waals surface area contributed by atoms with Gasteiger partial charge in [-0.25, -0.2) is 0 Å². The maximum atomic E-state index is 6.00. The van der Waals surface area contributed by atoms with Gasteiger partial charge >= 0.3 is 0 Å². The van der Waals surface area contributed by atoms with E-state index in [0.717, 1.165) is 23.1 Å². The van der Waals surface area contributed by atoms with E-state index in [1.165, 1.54) is 12.8 Å². The molecular weight excluding hydrogens is 188 g/mol. The summed E-state index contributed by atoms with van der Waals surface area (Å²) in [6.45, 7) is 2.18. The fourth-order valence-corrected chi connectivity index (χ4v) is 1.90. The summed E-state index contributed by atoms with van der Waals surface area (Å²) >= 11 is 0. The highest BCUT2D eigenvalue weighted by atomic mass is 16.5. The van der Waals surface area contributed by atoms with Crippen molar-refractivity contribution in [1.82, 2.24) is 10.2 Å². The van der Waals surface area contributed by atoms with Gasteiger partial charge < -0.3 is 4.74 Å². The van der Waals surface area contributed by atoms with Gasteiger partial charge in [0.25, 0.3) is 0 Å². The van der Waals surface area contributed by atoms with E-state index in [1.807, 2.05) is 18.3 Å². The minimum absolute atomic E-state index is 0.136. The minimum atomic E-state index is 0.136. The molecule has 0 amide bonds. The highest BCUT2D eigenvalue weighted by Gasteiger charge is 2.43. The number of ether oxygens (including phenoxy) is 1. The molecule has 1 aromatic heterocycles. The molecule has 0 atom stereocenters. The molecule has 1 N–H and O–H groups in total. The fraction of sp³-hybridized carbons (Fsp3) is 0.417. The van der Waals surface area contributed by atoms with Crippen molar-refractivity contribution in [3.63, 3.8) is 0 Å². The van der Waals surface area contributed by atoms with E-state index in [9.17, 15) is 0 Å². The Morgan fingerprint density at radius 2 is 2.33 bits per heavy atom. The Hall–Kier alpha value is -1.51. The molecule has 1 aliphatic rings. The summed E-state index contributed by atoms with van der Waals surface area (Å²) in [5.74, 6) is 0.961. The molecule has 1 saturated carbocycles. The molecule has 1 heterocycles. The molecule has 0 bridgehead atoms. The molecule has 3 rings (SSSR count). The lowest BCUT2D eigenvalue weighted by atomic mass is 10.2. The SMILES string of the molecule is CCC1(Oc2ccc3[nH]ncc3c2)CC1. The molecule has 1 fully saturated rings. The summed E-state index contributed by atoms with van der Waals surface area (Å²) in [6.07, 6.45) is 5.30. The van der Waals surface area contributed by atoms with Crippen LogP contribution in [0.25, 0.3) is 10.9 Å². The largest absolute Gasteiger partial charge is 0.487 e. The summed E-state index contributed by atoms with van der Waals surface area (Å²) in [4.78, 5) is 0. The number of H-pyrrole nitrogens is 1. The lowest BCUT2D eigenvalue weighted by Gasteiger charge is -2.15. The van der Waals surface area contributed by atoms with Crippen LogP contribution in [0.5, 0.6) is 5.75 Å². The van der Waals surface area contributed by atoms with E-state index in [4.69, 9.17) is 4.74 Å². The Labute approximate surface area is 88.4 Å². The number of rotatable bonds is 3. The van der Waals surface area contributed by atoms with Crippen LogP contribution < -0.4 is 4.74 Å². The van der Waals surface area contributed by atoms with E-state index in [1.54, 1.807) is 0 Å². The van der Waals surface area contributed by atoms with Crippen LogP contribution in [0.1, 0.15) is 26.2 Å². The van der Waals surface area contributed by atoms with Gasteiger partial charge in [0.2, 0.25) is 0 Å². The summed E-state index contributed by atoms with van der Waals surface area (Å²) < 4.78 is 6.00. The maximum Gasteiger partial charge on any atom is 0.120 e. The summed E-state index contributed by atoms with van der Waals surface area (Å²) in [7, 11) is 0. The zero-order valence-electron chi connectivity index (χ0n) is 8.79. The lowest BCUT2D eigenvalue weighted by molar-refractivity contribution is 0.175. The monoisotopic (exact) mass is 202 g/mol. The van der Waals surface area contributed by atoms with Crippen molar-refractivity contribution in [2.45, 2.75) is 31.8 Å². The molecule has 2 aromatic rings. The normalized spacial score (nSPS) is 17.9. The van der Waals surface area contributed by atoms with E-state index in [2.05, 4.69) is 23.2 Å². The van der Waals surface area contributed by atoms with Crippen LogP contribution in [0.3, 0.4) is 0 Å². The van der Waals surface area contributed by atoms with Gasteiger partial charge in [-0.15, -0.1) is 0 Å². The molecule has 0 radical (unpaired) electrons. The molecule has 0 saturated heterocycles. The third kappa shape index (κ3) is 1.48. The van der Waals surface area contributed by atoms with Gasteiger partial charge in [-0.1, -0.05) is 6.92 Å². The molecule has 0 aliphatic heterocycles. The van der Waals surface area contributed by atoms with E-state index < -0.39 is 0 Å². The van der Waals surface area contributed by atoms with Crippen LogP contribution in [0.15, 0.2) is 24.4 Å². The number of aromatic nitrogens is 2. The van der Waals surface area contributed by atoms with Crippen LogP contribution in [-0.4, -0.2) is 15.8 Å². The van der Waals surface area contributed by atoms with Crippen LogP contribution in [0.2, 0.25) is 0 Å². The van der Waals surface area contributed by atoms with Crippen molar-refractivity contribution >= 4 is 10.9 Å². The van der Waals surface area contributed by atoms with Crippen molar-refractivity contribution < 1.29 is 4.74 Å². The van der Waals surface area contributed by atoms with Crippen LogP contribution in [-0.2, 0) is 0 Å². The first kappa shape index (κ1) is 8.77. The van der Waals surface area contributed by atoms with Crippen molar-refractivity contribution in [3.05, 3.63) is 24.4 Å². The highest BCUT2D eigenvalue weighted by Crippen LogP contribution is 2.43. The Bertz CT molecular complexity index is 485. The number of nitrogens with one attached hydrogen (secondary N) is 1. The number of benzene rings is 1. The molecule has 0 spiro atoms. The summed E-state index contributed by atoms with van der Waals surface area (Å²) in [5.41, 5.74) is 1.20. The molecule has 15 heavy (non-hydrogen) atoms.